The van der Waals surface area contributed by atoms with Crippen molar-refractivity contribution < 1.29 is 18.8 Å². The van der Waals surface area contributed by atoms with Gasteiger partial charge >= 0.3 is 0 Å². The van der Waals surface area contributed by atoms with Crippen molar-refractivity contribution in [2.75, 3.05) is 16.4 Å². The molecule has 1 unspecified atom stereocenters. The van der Waals surface area contributed by atoms with Crippen LogP contribution in [0.25, 0.3) is 6.08 Å². The third kappa shape index (κ3) is 9.29. The molecule has 47 heavy (non-hydrogen) atoms. The highest BCUT2D eigenvalue weighted by atomic mass is 35.5. The number of amides is 3. The van der Waals surface area contributed by atoms with Crippen LogP contribution in [-0.2, 0) is 9.59 Å². The normalized spacial score (nSPS) is 11.9. The molecule has 0 aliphatic heterocycles. The Labute approximate surface area is 288 Å². The molecule has 1 heterocycles. The van der Waals surface area contributed by atoms with Crippen molar-refractivity contribution in [3.63, 3.8) is 0 Å². The molecule has 0 spiro atoms. The Bertz CT molecular complexity index is 1890. The van der Waals surface area contributed by atoms with Gasteiger partial charge in [0.1, 0.15) is 16.8 Å². The zero-order valence-electron chi connectivity index (χ0n) is 24.8. The lowest BCUT2D eigenvalue weighted by atomic mass is 10.1. The molecule has 0 aliphatic carbocycles. The largest absolute Gasteiger partial charge is 0.321 e. The van der Waals surface area contributed by atoms with Crippen LogP contribution >= 0.6 is 46.7 Å². The number of benzene rings is 4. The van der Waals surface area contributed by atoms with Crippen LogP contribution in [0.1, 0.15) is 33.7 Å². The number of aromatic nitrogens is 2. The molecule has 0 saturated heterocycles. The van der Waals surface area contributed by atoms with Crippen molar-refractivity contribution in [1.82, 2.24) is 14.7 Å². The van der Waals surface area contributed by atoms with E-state index in [0.29, 0.717) is 26.4 Å². The smallest absolute Gasteiger partial charge is 0.272 e. The lowest BCUT2D eigenvalue weighted by molar-refractivity contribution is -0.116. The van der Waals surface area contributed by atoms with Gasteiger partial charge in [0.2, 0.25) is 16.2 Å². The van der Waals surface area contributed by atoms with E-state index in [9.17, 15) is 18.8 Å². The zero-order chi connectivity index (χ0) is 33.2. The van der Waals surface area contributed by atoms with E-state index in [1.165, 1.54) is 47.8 Å². The Morgan fingerprint density at radius 3 is 2.38 bits per heavy atom. The van der Waals surface area contributed by atoms with Crippen molar-refractivity contribution in [1.29, 1.82) is 0 Å². The molecule has 1 atom stereocenters. The molecule has 0 fully saturated rings. The quantitative estimate of drug-likeness (QED) is 0.0885. The number of hydrogen-bond donors (Lipinski definition) is 3. The number of rotatable bonds is 12. The van der Waals surface area contributed by atoms with Gasteiger partial charge in [-0.1, -0.05) is 91.0 Å². The van der Waals surface area contributed by atoms with Crippen molar-refractivity contribution in [2.24, 2.45) is 0 Å². The third-order valence-electron chi connectivity index (χ3n) is 6.41. The highest BCUT2D eigenvalue weighted by Gasteiger charge is 2.24. The molecule has 0 bridgehead atoms. The molecule has 4 aromatic carbocycles. The van der Waals surface area contributed by atoms with E-state index in [2.05, 4.69) is 25.3 Å². The fourth-order valence-electron chi connectivity index (χ4n) is 4.24. The molecule has 1 aromatic heterocycles. The molecule has 5 aromatic rings. The van der Waals surface area contributed by atoms with Gasteiger partial charge in [0.25, 0.3) is 11.8 Å². The summed E-state index contributed by atoms with van der Waals surface area (Å²) in [6.07, 6.45) is 1.19. The van der Waals surface area contributed by atoms with E-state index in [0.717, 1.165) is 22.8 Å². The molecule has 0 saturated carbocycles. The zero-order valence-corrected chi connectivity index (χ0v) is 28.0. The summed E-state index contributed by atoms with van der Waals surface area (Å²) in [6, 6.07) is 28.7. The molecule has 0 radical (unpaired) electrons. The standard InChI is InChI=1S/C34H27ClFN5O3S3/c1-2-45-34-40-33(47-41-34)39-32(44)29(21-11-5-3-6-12-21)46-24-16-9-15-23(19-24)37-31(43)28(20-25-26(35)17-10-18-27(25)36)38-30(42)22-13-7-4-8-14-22/h3-20,29H,2H2,1H3,(H,37,43)(H,38,42)(H,39,40,41,44)/b28-20+. The van der Waals surface area contributed by atoms with Crippen molar-refractivity contribution in [2.45, 2.75) is 22.2 Å². The average Bonchev–Trinajstić information content (AvgIpc) is 3.52. The first-order valence-corrected chi connectivity index (χ1v) is 17.2. The minimum atomic E-state index is -0.704. The molecule has 238 valence electrons. The minimum absolute atomic E-state index is 0.0514. The van der Waals surface area contributed by atoms with Crippen LogP contribution in [0.15, 0.2) is 119 Å². The fraction of sp³-hybridized carbons (Fsp3) is 0.0882. The van der Waals surface area contributed by atoms with Crippen LogP contribution < -0.4 is 16.0 Å². The van der Waals surface area contributed by atoms with Crippen LogP contribution in [-0.4, -0.2) is 32.8 Å². The molecule has 3 N–H and O–H groups in total. The minimum Gasteiger partial charge on any atom is -0.321 e. The van der Waals surface area contributed by atoms with Gasteiger partial charge in [0, 0.05) is 33.2 Å². The lowest BCUT2D eigenvalue weighted by Crippen LogP contribution is -2.30. The second-order valence-electron chi connectivity index (χ2n) is 9.71. The summed E-state index contributed by atoms with van der Waals surface area (Å²) in [7, 11) is 0. The maximum absolute atomic E-state index is 14.7. The molecule has 5 rings (SSSR count). The van der Waals surface area contributed by atoms with Gasteiger partial charge in [-0.05, 0) is 59.9 Å². The van der Waals surface area contributed by atoms with E-state index < -0.39 is 22.9 Å². The first-order valence-electron chi connectivity index (χ1n) is 14.2. The van der Waals surface area contributed by atoms with Crippen molar-refractivity contribution >= 4 is 81.3 Å². The molecule has 8 nitrogen and oxygen atoms in total. The number of carbonyl (C=O) groups excluding carboxylic acids is 3. The summed E-state index contributed by atoms with van der Waals surface area (Å²) in [5.74, 6) is -1.39. The van der Waals surface area contributed by atoms with E-state index in [-0.39, 0.29) is 22.2 Å². The number of carbonyl (C=O) groups is 3. The Balaban J connectivity index is 1.38. The van der Waals surface area contributed by atoms with E-state index in [1.807, 2.05) is 43.3 Å². The maximum atomic E-state index is 14.7. The molecular weight excluding hydrogens is 677 g/mol. The van der Waals surface area contributed by atoms with Crippen molar-refractivity contribution in [3.8, 4) is 0 Å². The molecule has 0 aliphatic rings. The Kier molecular flexibility index (Phi) is 11.8. The second-order valence-corrected chi connectivity index (χ2v) is 13.3. The Morgan fingerprint density at radius 1 is 0.936 bits per heavy atom. The summed E-state index contributed by atoms with van der Waals surface area (Å²) in [4.78, 5) is 45.2. The van der Waals surface area contributed by atoms with Gasteiger partial charge in [0.05, 0.1) is 5.02 Å². The summed E-state index contributed by atoms with van der Waals surface area (Å²) in [5.41, 5.74) is 1.20. The van der Waals surface area contributed by atoms with Crippen LogP contribution in [0, 0.1) is 5.82 Å². The van der Waals surface area contributed by atoms with Crippen molar-refractivity contribution in [3.05, 3.63) is 136 Å². The van der Waals surface area contributed by atoms with Crippen LogP contribution in [0.4, 0.5) is 15.2 Å². The Morgan fingerprint density at radius 2 is 1.66 bits per heavy atom. The first kappa shape index (κ1) is 33.9. The highest BCUT2D eigenvalue weighted by molar-refractivity contribution is 8.00. The predicted molar refractivity (Wildman–Crippen MR) is 188 cm³/mol. The number of thioether (sulfide) groups is 2. The van der Waals surface area contributed by atoms with Gasteiger partial charge in [-0.25, -0.2) is 4.39 Å². The molecular formula is C34H27ClFN5O3S3. The number of halogens is 2. The highest BCUT2D eigenvalue weighted by Crippen LogP contribution is 2.37. The van der Waals surface area contributed by atoms with E-state index in [4.69, 9.17) is 11.6 Å². The SMILES string of the molecule is CCSc1nsc(NC(=O)C(Sc2cccc(NC(=O)/C(=C\c3c(F)cccc3Cl)NC(=O)c3ccccc3)c2)c2ccccc2)n1. The average molecular weight is 704 g/mol. The summed E-state index contributed by atoms with van der Waals surface area (Å²) in [5, 5.41) is 8.66. The molecule has 3 amide bonds. The summed E-state index contributed by atoms with van der Waals surface area (Å²) in [6.45, 7) is 2.00. The van der Waals surface area contributed by atoms with Crippen LogP contribution in [0.3, 0.4) is 0 Å². The Hall–Kier alpha value is -4.49. The van der Waals surface area contributed by atoms with Gasteiger partial charge in [0.15, 0.2) is 0 Å². The van der Waals surface area contributed by atoms with Gasteiger partial charge < -0.3 is 10.6 Å². The number of nitrogens with zero attached hydrogens (tertiary/aromatic N) is 2. The first-order chi connectivity index (χ1) is 22.8. The van der Waals surface area contributed by atoms with E-state index >= 15 is 0 Å². The van der Waals surface area contributed by atoms with Gasteiger partial charge in [-0.15, -0.1) is 11.8 Å². The second kappa shape index (κ2) is 16.4. The third-order valence-corrected chi connectivity index (χ3v) is 9.47. The fourth-order valence-corrected chi connectivity index (χ4v) is 6.81. The monoisotopic (exact) mass is 703 g/mol. The predicted octanol–water partition coefficient (Wildman–Crippen LogP) is 8.32. The van der Waals surface area contributed by atoms with Gasteiger partial charge in [-0.2, -0.15) is 9.36 Å². The topological polar surface area (TPSA) is 113 Å². The van der Waals surface area contributed by atoms with E-state index in [1.54, 1.807) is 48.5 Å². The molecule has 13 heteroatoms. The number of nitrogens with one attached hydrogen (secondary N) is 3. The lowest BCUT2D eigenvalue weighted by Gasteiger charge is -2.17. The van der Waals surface area contributed by atoms with Crippen LogP contribution in [0.2, 0.25) is 5.02 Å². The number of anilines is 2. The van der Waals surface area contributed by atoms with Gasteiger partial charge in [-0.3, -0.25) is 19.7 Å². The maximum Gasteiger partial charge on any atom is 0.272 e. The van der Waals surface area contributed by atoms with Crippen LogP contribution in [0.5, 0.6) is 0 Å². The number of hydrogen-bond acceptors (Lipinski definition) is 8. The summed E-state index contributed by atoms with van der Waals surface area (Å²) >= 11 is 10.1. The summed E-state index contributed by atoms with van der Waals surface area (Å²) < 4.78 is 19.0.